The maximum absolute atomic E-state index is 12.4. The number of pyridine rings is 1. The van der Waals surface area contributed by atoms with E-state index in [0.717, 1.165) is 35.4 Å². The quantitative estimate of drug-likeness (QED) is 0.748. The number of aromatic nitrogens is 3. The van der Waals surface area contributed by atoms with E-state index in [0.29, 0.717) is 6.54 Å². The minimum Gasteiger partial charge on any atom is -0.355 e. The molecule has 27 heavy (non-hydrogen) atoms. The van der Waals surface area contributed by atoms with Crippen LogP contribution in [0.4, 0.5) is 5.82 Å². The van der Waals surface area contributed by atoms with Gasteiger partial charge in [0.05, 0.1) is 29.4 Å². The van der Waals surface area contributed by atoms with Gasteiger partial charge in [-0.05, 0) is 17.5 Å². The Morgan fingerprint density at radius 1 is 1.11 bits per heavy atom. The lowest BCUT2D eigenvalue weighted by molar-refractivity contribution is 0.352. The number of fused-ring (bicyclic) bond motifs is 2. The van der Waals surface area contributed by atoms with Gasteiger partial charge in [0.25, 0.3) is 0 Å². The third-order valence-electron chi connectivity index (χ3n) is 5.84. The first-order chi connectivity index (χ1) is 13.0. The Morgan fingerprint density at radius 2 is 1.93 bits per heavy atom. The van der Waals surface area contributed by atoms with Crippen LogP contribution in [0.5, 0.6) is 0 Å². The highest BCUT2D eigenvalue weighted by Gasteiger charge is 2.50. The number of hydrogen-bond acceptors (Lipinski definition) is 5. The first-order valence-electron chi connectivity index (χ1n) is 9.07. The molecular formula is C19H21N5O2S. The molecule has 2 aromatic heterocycles. The van der Waals surface area contributed by atoms with Gasteiger partial charge >= 0.3 is 0 Å². The summed E-state index contributed by atoms with van der Waals surface area (Å²) in [6.45, 7) is 2.14. The van der Waals surface area contributed by atoms with Gasteiger partial charge in [0.15, 0.2) is 0 Å². The average molecular weight is 383 g/mol. The van der Waals surface area contributed by atoms with Crippen LogP contribution in [0.25, 0.3) is 10.9 Å². The average Bonchev–Trinajstić information content (AvgIpc) is 3.35. The molecule has 1 N–H and O–H groups in total. The van der Waals surface area contributed by atoms with Crippen LogP contribution in [0.2, 0.25) is 0 Å². The van der Waals surface area contributed by atoms with Crippen molar-refractivity contribution in [1.82, 2.24) is 19.5 Å². The van der Waals surface area contributed by atoms with Gasteiger partial charge in [0.1, 0.15) is 5.82 Å². The van der Waals surface area contributed by atoms with Gasteiger partial charge in [-0.15, -0.1) is 0 Å². The van der Waals surface area contributed by atoms with E-state index in [-0.39, 0.29) is 17.9 Å². The number of sulfonamides is 1. The zero-order valence-corrected chi connectivity index (χ0v) is 15.8. The number of rotatable bonds is 3. The molecule has 2 aliphatic heterocycles. The van der Waals surface area contributed by atoms with Crippen LogP contribution < -0.4 is 4.90 Å². The molecule has 2 fully saturated rings. The van der Waals surface area contributed by atoms with Crippen molar-refractivity contribution in [1.29, 1.82) is 0 Å². The Morgan fingerprint density at radius 3 is 2.70 bits per heavy atom. The molecule has 0 radical (unpaired) electrons. The van der Waals surface area contributed by atoms with Crippen molar-refractivity contribution in [2.24, 2.45) is 11.8 Å². The van der Waals surface area contributed by atoms with Crippen LogP contribution in [0.3, 0.4) is 0 Å². The van der Waals surface area contributed by atoms with Crippen molar-refractivity contribution in [3.05, 3.63) is 54.4 Å². The van der Waals surface area contributed by atoms with Crippen LogP contribution in [0.1, 0.15) is 11.6 Å². The lowest BCUT2D eigenvalue weighted by Crippen LogP contribution is -2.35. The van der Waals surface area contributed by atoms with Crippen LogP contribution in [-0.4, -0.2) is 53.8 Å². The summed E-state index contributed by atoms with van der Waals surface area (Å²) in [6, 6.07) is 11.8. The highest BCUT2D eigenvalue weighted by atomic mass is 32.2. The maximum atomic E-state index is 12.4. The second-order valence-electron chi connectivity index (χ2n) is 7.48. The van der Waals surface area contributed by atoms with Gasteiger partial charge in [-0.2, -0.15) is 9.40 Å². The van der Waals surface area contributed by atoms with Crippen molar-refractivity contribution in [3.8, 4) is 0 Å². The third-order valence-corrected chi connectivity index (χ3v) is 7.06. The molecule has 2 saturated heterocycles. The zero-order valence-electron chi connectivity index (χ0n) is 15.0. The maximum Gasteiger partial charge on any atom is 0.211 e. The van der Waals surface area contributed by atoms with Crippen LogP contribution >= 0.6 is 0 Å². The molecule has 3 atom stereocenters. The Labute approximate surface area is 158 Å². The molecule has 4 heterocycles. The molecule has 0 unspecified atom stereocenters. The largest absolute Gasteiger partial charge is 0.355 e. The van der Waals surface area contributed by atoms with E-state index in [4.69, 9.17) is 0 Å². The fraction of sp³-hybridized carbons (Fsp3) is 0.368. The SMILES string of the molecule is CS(=O)(=O)N1C[C@H]2CN(c3nccc4[nH]ncc34)C[C@H]2[C@@H]1c1ccccc1. The van der Waals surface area contributed by atoms with E-state index >= 15 is 0 Å². The summed E-state index contributed by atoms with van der Waals surface area (Å²) in [7, 11) is -3.27. The summed E-state index contributed by atoms with van der Waals surface area (Å²) in [5, 5.41) is 8.13. The van der Waals surface area contributed by atoms with Gasteiger partial charge in [0, 0.05) is 31.7 Å². The molecule has 2 aliphatic rings. The van der Waals surface area contributed by atoms with E-state index in [2.05, 4.69) is 20.1 Å². The summed E-state index contributed by atoms with van der Waals surface area (Å²) in [5.74, 6) is 1.45. The first kappa shape index (κ1) is 16.7. The number of nitrogens with zero attached hydrogens (tertiary/aromatic N) is 4. The molecule has 8 heteroatoms. The van der Waals surface area contributed by atoms with E-state index in [1.807, 2.05) is 42.6 Å². The van der Waals surface area contributed by atoms with Gasteiger partial charge in [-0.3, -0.25) is 5.10 Å². The molecule has 3 aromatic rings. The number of hydrogen-bond donors (Lipinski definition) is 1. The predicted octanol–water partition coefficient (Wildman–Crippen LogP) is 2.03. The summed E-state index contributed by atoms with van der Waals surface area (Å²) >= 11 is 0. The second-order valence-corrected chi connectivity index (χ2v) is 9.42. The normalized spacial score (nSPS) is 26.0. The molecule has 5 rings (SSSR count). The van der Waals surface area contributed by atoms with E-state index in [9.17, 15) is 8.42 Å². The molecule has 140 valence electrons. The monoisotopic (exact) mass is 383 g/mol. The van der Waals surface area contributed by atoms with Gasteiger partial charge in [0.2, 0.25) is 10.0 Å². The summed E-state index contributed by atoms with van der Waals surface area (Å²) in [6.07, 6.45) is 4.92. The Hall–Kier alpha value is -2.45. The fourth-order valence-electron chi connectivity index (χ4n) is 4.69. The number of aromatic amines is 1. The molecule has 0 spiro atoms. The molecule has 0 bridgehead atoms. The minimum atomic E-state index is -3.27. The first-order valence-corrected chi connectivity index (χ1v) is 10.9. The summed E-state index contributed by atoms with van der Waals surface area (Å²) in [4.78, 5) is 6.87. The summed E-state index contributed by atoms with van der Waals surface area (Å²) < 4.78 is 26.5. The predicted molar refractivity (Wildman–Crippen MR) is 104 cm³/mol. The Kier molecular flexibility index (Phi) is 3.73. The lowest BCUT2D eigenvalue weighted by atomic mass is 9.90. The third kappa shape index (κ3) is 2.71. The second kappa shape index (κ2) is 6.03. The van der Waals surface area contributed by atoms with Gasteiger partial charge in [-0.25, -0.2) is 13.4 Å². The minimum absolute atomic E-state index is 0.125. The van der Waals surface area contributed by atoms with E-state index in [1.165, 1.54) is 6.26 Å². The number of benzene rings is 1. The number of H-pyrrole nitrogens is 1. The zero-order chi connectivity index (χ0) is 18.6. The number of nitrogens with one attached hydrogen (secondary N) is 1. The van der Waals surface area contributed by atoms with Crippen LogP contribution in [0.15, 0.2) is 48.8 Å². The van der Waals surface area contributed by atoms with Crippen molar-refractivity contribution in [2.75, 3.05) is 30.8 Å². The van der Waals surface area contributed by atoms with Crippen molar-refractivity contribution < 1.29 is 8.42 Å². The van der Waals surface area contributed by atoms with E-state index in [1.54, 1.807) is 10.5 Å². The molecular weight excluding hydrogens is 362 g/mol. The molecule has 7 nitrogen and oxygen atoms in total. The highest BCUT2D eigenvalue weighted by Crippen LogP contribution is 2.47. The molecule has 0 aliphatic carbocycles. The lowest BCUT2D eigenvalue weighted by Gasteiger charge is -2.28. The van der Waals surface area contributed by atoms with Gasteiger partial charge in [-0.1, -0.05) is 30.3 Å². The van der Waals surface area contributed by atoms with Crippen LogP contribution in [-0.2, 0) is 10.0 Å². The molecule has 1 aromatic carbocycles. The smallest absolute Gasteiger partial charge is 0.211 e. The molecule has 0 saturated carbocycles. The van der Waals surface area contributed by atoms with Gasteiger partial charge < -0.3 is 4.90 Å². The highest BCUT2D eigenvalue weighted by molar-refractivity contribution is 7.88. The van der Waals surface area contributed by atoms with Crippen LogP contribution in [0, 0.1) is 11.8 Å². The van der Waals surface area contributed by atoms with Crippen molar-refractivity contribution >= 4 is 26.7 Å². The van der Waals surface area contributed by atoms with E-state index < -0.39 is 10.0 Å². The Balaban J connectivity index is 1.52. The summed E-state index contributed by atoms with van der Waals surface area (Å²) in [5.41, 5.74) is 2.03. The Bertz CT molecular complexity index is 1080. The molecule has 0 amide bonds. The topological polar surface area (TPSA) is 82.2 Å². The number of anilines is 1. The fourth-order valence-corrected chi connectivity index (χ4v) is 5.84. The van der Waals surface area contributed by atoms with Crippen molar-refractivity contribution in [2.45, 2.75) is 6.04 Å². The van der Waals surface area contributed by atoms with Crippen molar-refractivity contribution in [3.63, 3.8) is 0 Å². The standard InChI is InChI=1S/C19H21N5O2S/c1-27(25,26)24-11-14-10-23(19-15-9-21-22-17(15)7-8-20-19)12-16(14)18(24)13-5-3-2-4-6-13/h2-9,14,16,18H,10-12H2,1H3,(H,21,22)/t14-,16-,18+/m1/s1.